The SMILES string of the molecule is BrCC1(CCc2ccsc2)CCCCC1. The Morgan fingerprint density at radius 3 is 2.67 bits per heavy atom. The van der Waals surface area contributed by atoms with Crippen molar-refractivity contribution < 1.29 is 0 Å². The van der Waals surface area contributed by atoms with Crippen molar-refractivity contribution in [3.05, 3.63) is 22.4 Å². The molecule has 1 aromatic rings. The summed E-state index contributed by atoms with van der Waals surface area (Å²) in [6.45, 7) is 0. The van der Waals surface area contributed by atoms with Gasteiger partial charge in [0.1, 0.15) is 0 Å². The lowest BCUT2D eigenvalue weighted by Crippen LogP contribution is -2.26. The summed E-state index contributed by atoms with van der Waals surface area (Å²) < 4.78 is 0. The molecule has 1 heterocycles. The van der Waals surface area contributed by atoms with E-state index in [1.807, 2.05) is 11.3 Å². The average Bonchev–Trinajstić information content (AvgIpc) is 2.81. The summed E-state index contributed by atoms with van der Waals surface area (Å²) in [5.41, 5.74) is 2.14. The summed E-state index contributed by atoms with van der Waals surface area (Å²) in [5.74, 6) is 0. The molecule has 0 nitrogen and oxygen atoms in total. The molecular weight excluding hydrogens is 268 g/mol. The van der Waals surface area contributed by atoms with Gasteiger partial charge in [0.25, 0.3) is 0 Å². The van der Waals surface area contributed by atoms with Gasteiger partial charge in [0.05, 0.1) is 0 Å². The van der Waals surface area contributed by atoms with Crippen LogP contribution in [0.4, 0.5) is 0 Å². The highest BCUT2D eigenvalue weighted by Gasteiger charge is 2.30. The first kappa shape index (κ1) is 11.7. The maximum Gasteiger partial charge on any atom is 0.00880 e. The Morgan fingerprint density at radius 2 is 2.07 bits per heavy atom. The zero-order valence-electron chi connectivity index (χ0n) is 9.18. The van der Waals surface area contributed by atoms with Crippen LogP contribution in [0.15, 0.2) is 16.8 Å². The van der Waals surface area contributed by atoms with Gasteiger partial charge in [-0.2, -0.15) is 11.3 Å². The molecule has 0 unspecified atom stereocenters. The van der Waals surface area contributed by atoms with Crippen LogP contribution in [0.3, 0.4) is 0 Å². The number of hydrogen-bond donors (Lipinski definition) is 0. The van der Waals surface area contributed by atoms with Crippen LogP contribution < -0.4 is 0 Å². The summed E-state index contributed by atoms with van der Waals surface area (Å²) in [6.07, 6.45) is 9.84. The molecule has 1 aliphatic rings. The van der Waals surface area contributed by atoms with E-state index >= 15 is 0 Å². The average molecular weight is 287 g/mol. The van der Waals surface area contributed by atoms with Gasteiger partial charge in [0, 0.05) is 5.33 Å². The Balaban J connectivity index is 1.89. The van der Waals surface area contributed by atoms with Crippen LogP contribution in [0.2, 0.25) is 0 Å². The molecule has 1 saturated carbocycles. The number of halogens is 1. The van der Waals surface area contributed by atoms with Crippen molar-refractivity contribution in [3.8, 4) is 0 Å². The van der Waals surface area contributed by atoms with Crippen LogP contribution in [0, 0.1) is 5.41 Å². The van der Waals surface area contributed by atoms with Gasteiger partial charge in [-0.25, -0.2) is 0 Å². The van der Waals surface area contributed by atoms with Gasteiger partial charge in [-0.3, -0.25) is 0 Å². The number of thiophene rings is 1. The summed E-state index contributed by atoms with van der Waals surface area (Å²) >= 11 is 5.56. The number of rotatable bonds is 4. The van der Waals surface area contributed by atoms with Gasteiger partial charge < -0.3 is 0 Å². The Hall–Kier alpha value is 0.180. The van der Waals surface area contributed by atoms with Gasteiger partial charge in [0.15, 0.2) is 0 Å². The van der Waals surface area contributed by atoms with Crippen LogP contribution in [-0.4, -0.2) is 5.33 Å². The van der Waals surface area contributed by atoms with Crippen molar-refractivity contribution in [1.29, 1.82) is 0 Å². The van der Waals surface area contributed by atoms with E-state index in [2.05, 4.69) is 32.8 Å². The minimum atomic E-state index is 0.611. The first-order valence-electron chi connectivity index (χ1n) is 5.92. The zero-order chi connectivity index (χ0) is 10.6. The van der Waals surface area contributed by atoms with Crippen LogP contribution in [0.1, 0.15) is 44.1 Å². The van der Waals surface area contributed by atoms with Gasteiger partial charge in [-0.1, -0.05) is 35.2 Å². The summed E-state index contributed by atoms with van der Waals surface area (Å²) in [7, 11) is 0. The lowest BCUT2D eigenvalue weighted by Gasteiger charge is -2.35. The first-order valence-corrected chi connectivity index (χ1v) is 7.98. The van der Waals surface area contributed by atoms with Crippen molar-refractivity contribution >= 4 is 27.3 Å². The monoisotopic (exact) mass is 286 g/mol. The molecule has 0 amide bonds. The molecule has 84 valence electrons. The molecule has 1 aliphatic carbocycles. The Labute approximate surface area is 105 Å². The zero-order valence-corrected chi connectivity index (χ0v) is 11.6. The largest absolute Gasteiger partial charge is 0.152 e. The highest BCUT2D eigenvalue weighted by atomic mass is 79.9. The molecule has 1 aromatic heterocycles. The molecule has 0 aromatic carbocycles. The predicted octanol–water partition coefficient (Wildman–Crippen LogP) is 5.03. The van der Waals surface area contributed by atoms with Crippen LogP contribution in [-0.2, 0) is 6.42 Å². The van der Waals surface area contributed by atoms with Crippen molar-refractivity contribution in [2.24, 2.45) is 5.41 Å². The first-order chi connectivity index (χ1) is 7.35. The molecule has 0 N–H and O–H groups in total. The van der Waals surface area contributed by atoms with E-state index in [4.69, 9.17) is 0 Å². The maximum atomic E-state index is 3.74. The summed E-state index contributed by atoms with van der Waals surface area (Å²) in [4.78, 5) is 0. The molecule has 15 heavy (non-hydrogen) atoms. The molecule has 0 aliphatic heterocycles. The fourth-order valence-corrected chi connectivity index (χ4v) is 4.14. The number of alkyl halides is 1. The fraction of sp³-hybridized carbons (Fsp3) is 0.692. The van der Waals surface area contributed by atoms with E-state index in [9.17, 15) is 0 Å². The summed E-state index contributed by atoms with van der Waals surface area (Å²) in [5, 5.41) is 5.69. The van der Waals surface area contributed by atoms with Crippen LogP contribution in [0.5, 0.6) is 0 Å². The lowest BCUT2D eigenvalue weighted by atomic mass is 9.72. The standard InChI is InChI=1S/C13H19BrS/c14-11-13(6-2-1-3-7-13)8-4-12-5-9-15-10-12/h5,9-10H,1-4,6-8,11H2. The highest BCUT2D eigenvalue weighted by molar-refractivity contribution is 9.09. The van der Waals surface area contributed by atoms with Crippen LogP contribution in [0.25, 0.3) is 0 Å². The molecule has 2 rings (SSSR count). The van der Waals surface area contributed by atoms with E-state index in [0.717, 1.165) is 0 Å². The lowest BCUT2D eigenvalue weighted by molar-refractivity contribution is 0.208. The molecule has 0 bridgehead atoms. The van der Waals surface area contributed by atoms with E-state index in [1.165, 1.54) is 55.8 Å². The Kier molecular flexibility index (Phi) is 4.27. The molecule has 0 saturated heterocycles. The Morgan fingerprint density at radius 1 is 1.27 bits per heavy atom. The molecule has 2 heteroatoms. The molecular formula is C13H19BrS. The van der Waals surface area contributed by atoms with Crippen molar-refractivity contribution in [1.82, 2.24) is 0 Å². The maximum absolute atomic E-state index is 3.74. The van der Waals surface area contributed by atoms with Crippen molar-refractivity contribution in [3.63, 3.8) is 0 Å². The third kappa shape index (κ3) is 3.07. The molecule has 0 spiro atoms. The van der Waals surface area contributed by atoms with Gasteiger partial charge in [-0.15, -0.1) is 0 Å². The second kappa shape index (κ2) is 5.49. The second-order valence-corrected chi connectivity index (χ2v) is 6.17. The smallest absolute Gasteiger partial charge is 0.00880 e. The highest BCUT2D eigenvalue weighted by Crippen LogP contribution is 2.41. The fourth-order valence-electron chi connectivity index (χ4n) is 2.60. The molecule has 0 atom stereocenters. The Bertz CT molecular complexity index is 273. The van der Waals surface area contributed by atoms with Gasteiger partial charge in [0.2, 0.25) is 0 Å². The normalized spacial score (nSPS) is 20.3. The van der Waals surface area contributed by atoms with Crippen molar-refractivity contribution in [2.75, 3.05) is 5.33 Å². The minimum absolute atomic E-state index is 0.611. The minimum Gasteiger partial charge on any atom is -0.152 e. The predicted molar refractivity (Wildman–Crippen MR) is 72.0 cm³/mol. The number of aryl methyl sites for hydroxylation is 1. The van der Waals surface area contributed by atoms with Gasteiger partial charge in [-0.05, 0) is 53.5 Å². The third-order valence-corrected chi connectivity index (χ3v) is 5.64. The van der Waals surface area contributed by atoms with E-state index in [1.54, 1.807) is 0 Å². The van der Waals surface area contributed by atoms with E-state index < -0.39 is 0 Å². The quantitative estimate of drug-likeness (QED) is 0.682. The molecule has 0 radical (unpaired) electrons. The van der Waals surface area contributed by atoms with E-state index in [-0.39, 0.29) is 0 Å². The van der Waals surface area contributed by atoms with E-state index in [0.29, 0.717) is 5.41 Å². The molecule has 1 fully saturated rings. The third-order valence-electron chi connectivity index (χ3n) is 3.72. The number of hydrogen-bond acceptors (Lipinski definition) is 1. The van der Waals surface area contributed by atoms with Crippen molar-refractivity contribution in [2.45, 2.75) is 44.9 Å². The second-order valence-electron chi connectivity index (χ2n) is 4.83. The van der Waals surface area contributed by atoms with Crippen LogP contribution >= 0.6 is 27.3 Å². The topological polar surface area (TPSA) is 0 Å². The summed E-state index contributed by atoms with van der Waals surface area (Å²) in [6, 6.07) is 2.27. The van der Waals surface area contributed by atoms with Gasteiger partial charge >= 0.3 is 0 Å².